The molecular formula is C8H2F5IN2O. The molecule has 0 fully saturated rings. The number of hydrogen-bond acceptors (Lipinski definition) is 3. The van der Waals surface area contributed by atoms with Gasteiger partial charge in [-0.2, -0.15) is 5.26 Å². The van der Waals surface area contributed by atoms with E-state index in [0.717, 1.165) is 0 Å². The van der Waals surface area contributed by atoms with Gasteiger partial charge in [-0.15, -0.1) is 13.2 Å². The third kappa shape index (κ3) is 3.39. The fourth-order valence-electron chi connectivity index (χ4n) is 0.972. The molecule has 0 unspecified atom stereocenters. The van der Waals surface area contributed by atoms with Gasteiger partial charge in [0.25, 0.3) is 6.43 Å². The molecule has 0 aliphatic carbocycles. The normalized spacial score (nSPS) is 11.4. The van der Waals surface area contributed by atoms with Gasteiger partial charge in [-0.05, 0) is 22.6 Å². The van der Waals surface area contributed by atoms with Crippen LogP contribution in [0.4, 0.5) is 22.0 Å². The van der Waals surface area contributed by atoms with Gasteiger partial charge < -0.3 is 4.74 Å². The molecule has 92 valence electrons. The molecule has 0 aliphatic heterocycles. The molecule has 1 aromatic heterocycles. The van der Waals surface area contributed by atoms with Crippen molar-refractivity contribution >= 4 is 22.6 Å². The van der Waals surface area contributed by atoms with E-state index in [1.165, 1.54) is 28.7 Å². The van der Waals surface area contributed by atoms with Crippen LogP contribution in [0.5, 0.6) is 5.75 Å². The highest BCUT2D eigenvalue weighted by atomic mass is 127. The third-order valence-electron chi connectivity index (χ3n) is 1.57. The number of rotatable bonds is 2. The molecule has 0 saturated heterocycles. The molecule has 0 saturated carbocycles. The van der Waals surface area contributed by atoms with Gasteiger partial charge in [0.1, 0.15) is 6.07 Å². The van der Waals surface area contributed by atoms with Gasteiger partial charge in [0, 0.05) is 0 Å². The molecule has 3 nitrogen and oxygen atoms in total. The minimum atomic E-state index is -5.09. The van der Waals surface area contributed by atoms with E-state index in [9.17, 15) is 22.0 Å². The minimum Gasteiger partial charge on any atom is -0.404 e. The fraction of sp³-hybridized carbons (Fsp3) is 0.250. The maximum absolute atomic E-state index is 12.6. The molecular weight excluding hydrogens is 362 g/mol. The second-order valence-electron chi connectivity index (χ2n) is 2.66. The van der Waals surface area contributed by atoms with E-state index >= 15 is 0 Å². The SMILES string of the molecule is N#Cc1ncc(OC(F)(F)F)c(C(F)F)c1I. The Kier molecular flexibility index (Phi) is 4.07. The third-order valence-corrected chi connectivity index (χ3v) is 2.66. The first-order valence-corrected chi connectivity index (χ1v) is 4.96. The highest BCUT2D eigenvalue weighted by Crippen LogP contribution is 2.36. The predicted molar refractivity (Wildman–Crippen MR) is 53.3 cm³/mol. The van der Waals surface area contributed by atoms with E-state index in [1.54, 1.807) is 0 Å². The second kappa shape index (κ2) is 4.99. The zero-order valence-corrected chi connectivity index (χ0v) is 9.88. The second-order valence-corrected chi connectivity index (χ2v) is 3.74. The Morgan fingerprint density at radius 1 is 1.41 bits per heavy atom. The summed E-state index contributed by atoms with van der Waals surface area (Å²) in [7, 11) is 0. The Labute approximate surface area is 105 Å². The lowest BCUT2D eigenvalue weighted by Crippen LogP contribution is -2.19. The van der Waals surface area contributed by atoms with Crippen molar-refractivity contribution in [2.45, 2.75) is 12.8 Å². The van der Waals surface area contributed by atoms with Crippen LogP contribution in [0.1, 0.15) is 17.7 Å². The van der Waals surface area contributed by atoms with Crippen LogP contribution < -0.4 is 4.74 Å². The van der Waals surface area contributed by atoms with Crippen LogP contribution in [0.2, 0.25) is 0 Å². The number of alkyl halides is 5. The summed E-state index contributed by atoms with van der Waals surface area (Å²) in [6.07, 6.45) is -7.84. The van der Waals surface area contributed by atoms with Gasteiger partial charge in [0.2, 0.25) is 0 Å². The van der Waals surface area contributed by atoms with E-state index in [1.807, 2.05) is 0 Å². The molecule has 1 rings (SSSR count). The monoisotopic (exact) mass is 364 g/mol. The highest BCUT2D eigenvalue weighted by molar-refractivity contribution is 14.1. The zero-order valence-electron chi connectivity index (χ0n) is 7.73. The van der Waals surface area contributed by atoms with Crippen LogP contribution in [0, 0.1) is 14.9 Å². The number of ether oxygens (including phenoxy) is 1. The Morgan fingerprint density at radius 2 is 2.00 bits per heavy atom. The maximum atomic E-state index is 12.6. The standard InChI is InChI=1S/C8H2F5IN2O/c9-7(10)5-4(17-8(11,12)13)2-16-3(1-15)6(5)14/h2,7H. The molecule has 0 bridgehead atoms. The van der Waals surface area contributed by atoms with Crippen molar-refractivity contribution in [3.8, 4) is 11.8 Å². The number of halogens is 6. The summed E-state index contributed by atoms with van der Waals surface area (Å²) in [5.74, 6) is -1.10. The number of nitriles is 1. The summed E-state index contributed by atoms with van der Waals surface area (Å²) in [5, 5.41) is 8.52. The Hall–Kier alpha value is -1.18. The molecule has 0 spiro atoms. The number of aromatic nitrogens is 1. The van der Waals surface area contributed by atoms with Crippen LogP contribution in [0.25, 0.3) is 0 Å². The summed E-state index contributed by atoms with van der Waals surface area (Å²) in [6.45, 7) is 0. The van der Waals surface area contributed by atoms with Crippen molar-refractivity contribution in [2.75, 3.05) is 0 Å². The summed E-state index contributed by atoms with van der Waals surface area (Å²) in [6, 6.07) is 1.49. The van der Waals surface area contributed by atoms with Crippen molar-refractivity contribution < 1.29 is 26.7 Å². The highest BCUT2D eigenvalue weighted by Gasteiger charge is 2.34. The summed E-state index contributed by atoms with van der Waals surface area (Å²) >= 11 is 1.32. The van der Waals surface area contributed by atoms with Crippen molar-refractivity contribution in [2.24, 2.45) is 0 Å². The van der Waals surface area contributed by atoms with Crippen LogP contribution >= 0.6 is 22.6 Å². The molecule has 17 heavy (non-hydrogen) atoms. The average molecular weight is 364 g/mol. The van der Waals surface area contributed by atoms with E-state index < -0.39 is 24.1 Å². The van der Waals surface area contributed by atoms with Gasteiger partial charge in [-0.1, -0.05) is 0 Å². The van der Waals surface area contributed by atoms with Gasteiger partial charge in [-0.3, -0.25) is 0 Å². The summed E-state index contributed by atoms with van der Waals surface area (Å²) < 4.78 is 64.0. The van der Waals surface area contributed by atoms with E-state index in [4.69, 9.17) is 5.26 Å². The Bertz CT molecular complexity index is 468. The van der Waals surface area contributed by atoms with Gasteiger partial charge >= 0.3 is 6.36 Å². The van der Waals surface area contributed by atoms with Crippen molar-refractivity contribution in [3.05, 3.63) is 21.0 Å². The van der Waals surface area contributed by atoms with Crippen LogP contribution in [0.15, 0.2) is 6.20 Å². The topological polar surface area (TPSA) is 45.9 Å². The van der Waals surface area contributed by atoms with Gasteiger partial charge in [0.05, 0.1) is 15.3 Å². The van der Waals surface area contributed by atoms with Crippen LogP contribution in [0.3, 0.4) is 0 Å². The number of hydrogen-bond donors (Lipinski definition) is 0. The number of pyridine rings is 1. The van der Waals surface area contributed by atoms with Gasteiger partial charge in [0.15, 0.2) is 11.4 Å². The lowest BCUT2D eigenvalue weighted by atomic mass is 10.2. The quantitative estimate of drug-likeness (QED) is 0.597. The van der Waals surface area contributed by atoms with Crippen LogP contribution in [-0.2, 0) is 0 Å². The summed E-state index contributed by atoms with van der Waals surface area (Å²) in [4.78, 5) is 3.30. The van der Waals surface area contributed by atoms with Crippen LogP contribution in [-0.4, -0.2) is 11.3 Å². The Balaban J connectivity index is 3.33. The van der Waals surface area contributed by atoms with Crippen molar-refractivity contribution in [1.29, 1.82) is 5.26 Å². The number of nitrogens with zero attached hydrogens (tertiary/aromatic N) is 2. The molecule has 0 aliphatic rings. The zero-order chi connectivity index (χ0) is 13.2. The first-order valence-electron chi connectivity index (χ1n) is 3.88. The minimum absolute atomic E-state index is 0.359. The largest absolute Gasteiger partial charge is 0.573 e. The first-order chi connectivity index (χ1) is 7.76. The lowest BCUT2D eigenvalue weighted by molar-refractivity contribution is -0.275. The molecule has 0 radical (unpaired) electrons. The smallest absolute Gasteiger partial charge is 0.404 e. The average Bonchev–Trinajstić information content (AvgIpc) is 2.14. The maximum Gasteiger partial charge on any atom is 0.573 e. The Morgan fingerprint density at radius 3 is 2.41 bits per heavy atom. The fourth-order valence-corrected chi connectivity index (χ4v) is 1.73. The van der Waals surface area contributed by atoms with Crippen molar-refractivity contribution in [1.82, 2.24) is 4.98 Å². The molecule has 9 heteroatoms. The molecule has 1 aromatic rings. The summed E-state index contributed by atoms with van der Waals surface area (Å²) in [5.41, 5.74) is -1.37. The first kappa shape index (κ1) is 13.9. The lowest BCUT2D eigenvalue weighted by Gasteiger charge is -2.13. The predicted octanol–water partition coefficient (Wildman–Crippen LogP) is 3.39. The molecule has 0 aromatic carbocycles. The van der Waals surface area contributed by atoms with Crippen molar-refractivity contribution in [3.63, 3.8) is 0 Å². The van der Waals surface area contributed by atoms with Gasteiger partial charge in [-0.25, -0.2) is 13.8 Å². The van der Waals surface area contributed by atoms with E-state index in [2.05, 4.69) is 9.72 Å². The molecule has 0 N–H and O–H groups in total. The molecule has 0 atom stereocenters. The molecule has 1 heterocycles. The van der Waals surface area contributed by atoms with E-state index in [0.29, 0.717) is 6.20 Å². The van der Waals surface area contributed by atoms with E-state index in [-0.39, 0.29) is 9.26 Å². The molecule has 0 amide bonds.